The van der Waals surface area contributed by atoms with Gasteiger partial charge in [0.15, 0.2) is 0 Å². The molecule has 3 aromatic heterocycles. The number of nitrogens with zero attached hydrogens (tertiary/aromatic N) is 2. The van der Waals surface area contributed by atoms with Crippen LogP contribution in [0.1, 0.15) is 0 Å². The molecule has 3 heterocycles. The molecule has 3 aromatic carbocycles. The number of para-hydroxylation sites is 1. The van der Waals surface area contributed by atoms with Gasteiger partial charge >= 0.3 is 0 Å². The van der Waals surface area contributed by atoms with Crippen molar-refractivity contribution in [2.75, 3.05) is 0 Å². The summed E-state index contributed by atoms with van der Waals surface area (Å²) in [5.41, 5.74) is 6.72. The van der Waals surface area contributed by atoms with Crippen LogP contribution in [0.25, 0.3) is 49.6 Å². The number of benzene rings is 3. The molecule has 3 heteroatoms. The Labute approximate surface area is 161 Å². The summed E-state index contributed by atoms with van der Waals surface area (Å²) in [6.45, 7) is 0. The van der Waals surface area contributed by atoms with Gasteiger partial charge in [-0.3, -0.25) is 4.98 Å². The van der Waals surface area contributed by atoms with Crippen molar-refractivity contribution in [2.24, 2.45) is 0 Å². The monoisotopic (exact) mass is 360 g/mol. The smallest absolute Gasteiger partial charge is 0.134 e. The van der Waals surface area contributed by atoms with Crippen LogP contribution in [0.3, 0.4) is 0 Å². The van der Waals surface area contributed by atoms with E-state index in [-0.39, 0.29) is 0 Å². The fourth-order valence-corrected chi connectivity index (χ4v) is 4.04. The Morgan fingerprint density at radius 2 is 1.61 bits per heavy atom. The average Bonchev–Trinajstić information content (AvgIpc) is 3.35. The third-order valence-electron chi connectivity index (χ3n) is 5.37. The summed E-state index contributed by atoms with van der Waals surface area (Å²) >= 11 is 0. The highest BCUT2D eigenvalue weighted by atomic mass is 16.3. The van der Waals surface area contributed by atoms with Crippen LogP contribution in [-0.4, -0.2) is 9.55 Å². The molecule has 0 N–H and O–H groups in total. The van der Waals surface area contributed by atoms with Gasteiger partial charge in [0.25, 0.3) is 0 Å². The minimum absolute atomic E-state index is 0.919. The Hall–Kier alpha value is -3.85. The summed E-state index contributed by atoms with van der Waals surface area (Å²) in [4.78, 5) is 4.22. The van der Waals surface area contributed by atoms with Crippen LogP contribution in [0, 0.1) is 0 Å². The summed E-state index contributed by atoms with van der Waals surface area (Å²) in [5.74, 6) is 0. The molecule has 0 aliphatic heterocycles. The number of hydrogen-bond donors (Lipinski definition) is 0. The lowest BCUT2D eigenvalue weighted by atomic mass is 10.1. The van der Waals surface area contributed by atoms with E-state index in [2.05, 4.69) is 76.3 Å². The maximum absolute atomic E-state index is 5.64. The minimum Gasteiger partial charge on any atom is -0.464 e. The standard InChI is InChI=1S/C25H16N2O/c1-2-6-23-21(5-1)22-15-25-18(11-13-28-25)14-24(22)27(23)20-9-7-17(8-10-20)19-4-3-12-26-16-19/h1-16H. The number of furan rings is 1. The van der Waals surface area contributed by atoms with E-state index >= 15 is 0 Å². The zero-order chi connectivity index (χ0) is 18.5. The molecule has 0 atom stereocenters. The van der Waals surface area contributed by atoms with Crippen LogP contribution in [0.15, 0.2) is 102 Å². The van der Waals surface area contributed by atoms with E-state index in [1.807, 2.05) is 18.3 Å². The van der Waals surface area contributed by atoms with Crippen molar-refractivity contribution in [1.82, 2.24) is 9.55 Å². The van der Waals surface area contributed by atoms with Crippen molar-refractivity contribution in [3.63, 3.8) is 0 Å². The molecule has 0 spiro atoms. The van der Waals surface area contributed by atoms with Crippen molar-refractivity contribution in [1.29, 1.82) is 0 Å². The summed E-state index contributed by atoms with van der Waals surface area (Å²) in [7, 11) is 0. The van der Waals surface area contributed by atoms with E-state index in [4.69, 9.17) is 4.42 Å². The number of hydrogen-bond acceptors (Lipinski definition) is 2. The Bertz CT molecular complexity index is 1440. The Balaban J connectivity index is 1.62. The molecule has 132 valence electrons. The molecule has 0 radical (unpaired) electrons. The predicted octanol–water partition coefficient (Wildman–Crippen LogP) is 6.59. The van der Waals surface area contributed by atoms with Gasteiger partial charge in [-0.05, 0) is 53.6 Å². The van der Waals surface area contributed by atoms with Gasteiger partial charge in [-0.2, -0.15) is 0 Å². The first kappa shape index (κ1) is 15.2. The first-order valence-corrected chi connectivity index (χ1v) is 9.30. The van der Waals surface area contributed by atoms with Gasteiger partial charge in [0.05, 0.1) is 17.3 Å². The number of rotatable bonds is 2. The Morgan fingerprint density at radius 1 is 0.714 bits per heavy atom. The third-order valence-corrected chi connectivity index (χ3v) is 5.37. The second kappa shape index (κ2) is 5.83. The lowest BCUT2D eigenvalue weighted by Crippen LogP contribution is -1.93. The molecule has 6 aromatic rings. The predicted molar refractivity (Wildman–Crippen MR) is 114 cm³/mol. The van der Waals surface area contributed by atoms with Gasteiger partial charge in [-0.1, -0.05) is 36.4 Å². The molecular weight excluding hydrogens is 344 g/mol. The number of aromatic nitrogens is 2. The van der Waals surface area contributed by atoms with E-state index < -0.39 is 0 Å². The van der Waals surface area contributed by atoms with E-state index in [0.29, 0.717) is 0 Å². The van der Waals surface area contributed by atoms with E-state index in [9.17, 15) is 0 Å². The quantitative estimate of drug-likeness (QED) is 0.349. The van der Waals surface area contributed by atoms with Crippen LogP contribution in [0.5, 0.6) is 0 Å². The lowest BCUT2D eigenvalue weighted by molar-refractivity contribution is 0.616. The summed E-state index contributed by atoms with van der Waals surface area (Å²) in [5, 5.41) is 3.55. The molecule has 0 aliphatic carbocycles. The molecule has 0 bridgehead atoms. The van der Waals surface area contributed by atoms with Crippen LogP contribution >= 0.6 is 0 Å². The van der Waals surface area contributed by atoms with Crippen LogP contribution in [0.2, 0.25) is 0 Å². The Morgan fingerprint density at radius 3 is 2.46 bits per heavy atom. The van der Waals surface area contributed by atoms with Crippen molar-refractivity contribution in [2.45, 2.75) is 0 Å². The molecule has 0 unspecified atom stereocenters. The zero-order valence-corrected chi connectivity index (χ0v) is 15.0. The highest BCUT2D eigenvalue weighted by Crippen LogP contribution is 2.35. The SMILES string of the molecule is c1cncc(-c2ccc(-n3c4ccccc4c4cc5occc5cc43)cc2)c1. The van der Waals surface area contributed by atoms with Crippen molar-refractivity contribution in [3.8, 4) is 16.8 Å². The first-order valence-electron chi connectivity index (χ1n) is 9.30. The van der Waals surface area contributed by atoms with Crippen molar-refractivity contribution < 1.29 is 4.42 Å². The molecular formula is C25H16N2O. The highest BCUT2D eigenvalue weighted by Gasteiger charge is 2.14. The maximum Gasteiger partial charge on any atom is 0.134 e. The molecule has 0 saturated heterocycles. The third kappa shape index (κ3) is 2.20. The van der Waals surface area contributed by atoms with E-state index in [0.717, 1.165) is 27.8 Å². The molecule has 28 heavy (non-hydrogen) atoms. The van der Waals surface area contributed by atoms with Gasteiger partial charge in [0.1, 0.15) is 5.58 Å². The van der Waals surface area contributed by atoms with E-state index in [1.165, 1.54) is 21.8 Å². The van der Waals surface area contributed by atoms with Crippen molar-refractivity contribution in [3.05, 3.63) is 97.5 Å². The first-order chi connectivity index (χ1) is 13.9. The fourth-order valence-electron chi connectivity index (χ4n) is 4.04. The van der Waals surface area contributed by atoms with Gasteiger partial charge in [0.2, 0.25) is 0 Å². The second-order valence-corrected chi connectivity index (χ2v) is 6.97. The molecule has 0 fully saturated rings. The maximum atomic E-state index is 5.64. The Kier molecular flexibility index (Phi) is 3.17. The summed E-state index contributed by atoms with van der Waals surface area (Å²) in [6, 6.07) is 27.6. The van der Waals surface area contributed by atoms with Crippen LogP contribution < -0.4 is 0 Å². The highest BCUT2D eigenvalue weighted by molar-refractivity contribution is 6.12. The molecule has 0 aliphatic rings. The minimum atomic E-state index is 0.919. The molecule has 6 rings (SSSR count). The van der Waals surface area contributed by atoms with Gasteiger partial charge in [-0.25, -0.2) is 0 Å². The van der Waals surface area contributed by atoms with Crippen LogP contribution in [-0.2, 0) is 0 Å². The van der Waals surface area contributed by atoms with Gasteiger partial charge in [-0.15, -0.1) is 0 Å². The summed E-state index contributed by atoms with van der Waals surface area (Å²) in [6.07, 6.45) is 5.44. The molecule has 0 amide bonds. The average molecular weight is 360 g/mol. The zero-order valence-electron chi connectivity index (χ0n) is 15.0. The number of pyridine rings is 1. The van der Waals surface area contributed by atoms with E-state index in [1.54, 1.807) is 12.5 Å². The lowest BCUT2D eigenvalue weighted by Gasteiger charge is -2.09. The topological polar surface area (TPSA) is 31.0 Å². The van der Waals surface area contributed by atoms with Gasteiger partial charge < -0.3 is 8.98 Å². The normalized spacial score (nSPS) is 11.6. The molecule has 3 nitrogen and oxygen atoms in total. The fraction of sp³-hybridized carbons (Fsp3) is 0. The summed E-state index contributed by atoms with van der Waals surface area (Å²) < 4.78 is 7.96. The number of fused-ring (bicyclic) bond motifs is 4. The van der Waals surface area contributed by atoms with Gasteiger partial charge in [0, 0.05) is 34.2 Å². The second-order valence-electron chi connectivity index (χ2n) is 6.97. The van der Waals surface area contributed by atoms with Crippen molar-refractivity contribution >= 4 is 32.8 Å². The molecule has 0 saturated carbocycles. The van der Waals surface area contributed by atoms with Crippen LogP contribution in [0.4, 0.5) is 0 Å². The largest absolute Gasteiger partial charge is 0.464 e.